The average Bonchev–Trinajstić information content (AvgIpc) is 2.26. The highest BCUT2D eigenvalue weighted by Gasteiger charge is 2.04. The Morgan fingerprint density at radius 2 is 2.07 bits per heavy atom. The van der Waals surface area contributed by atoms with Crippen LogP contribution in [0.3, 0.4) is 0 Å². The van der Waals surface area contributed by atoms with E-state index >= 15 is 0 Å². The van der Waals surface area contributed by atoms with Crippen LogP contribution in [0.25, 0.3) is 0 Å². The second-order valence-corrected chi connectivity index (χ2v) is 2.83. The molecule has 3 heteroatoms. The van der Waals surface area contributed by atoms with Gasteiger partial charge in [-0.1, -0.05) is 25.1 Å². The first-order valence-electron chi connectivity index (χ1n) is 4.55. The number of rotatable bonds is 4. The van der Waals surface area contributed by atoms with Crippen molar-refractivity contribution in [3.63, 3.8) is 0 Å². The van der Waals surface area contributed by atoms with Crippen molar-refractivity contribution in [2.75, 3.05) is 7.11 Å². The number of hydrogen-bond acceptors (Lipinski definition) is 3. The fourth-order valence-electron chi connectivity index (χ4n) is 1.08. The molecule has 0 bridgehead atoms. The van der Waals surface area contributed by atoms with Crippen molar-refractivity contribution in [1.29, 1.82) is 0 Å². The summed E-state index contributed by atoms with van der Waals surface area (Å²) in [6, 6.07) is 7.48. The van der Waals surface area contributed by atoms with Crippen molar-refractivity contribution in [1.82, 2.24) is 0 Å². The summed E-state index contributed by atoms with van der Waals surface area (Å²) < 4.78 is 10.1. The average molecular weight is 194 g/mol. The molecule has 0 aliphatic rings. The van der Waals surface area contributed by atoms with Crippen molar-refractivity contribution < 1.29 is 14.3 Å². The molecule has 0 aliphatic carbocycles. The highest BCUT2D eigenvalue weighted by atomic mass is 16.5. The molecule has 0 atom stereocenters. The Balaban J connectivity index is 2.61. The van der Waals surface area contributed by atoms with E-state index in [0.29, 0.717) is 6.42 Å². The lowest BCUT2D eigenvalue weighted by atomic mass is 10.2. The minimum Gasteiger partial charge on any atom is -0.496 e. The number of para-hydroxylation sites is 1. The third-order valence-corrected chi connectivity index (χ3v) is 1.87. The predicted molar refractivity (Wildman–Crippen MR) is 53.1 cm³/mol. The molecule has 0 unspecified atom stereocenters. The third-order valence-electron chi connectivity index (χ3n) is 1.87. The summed E-state index contributed by atoms with van der Waals surface area (Å²) in [6.45, 7) is 2.04. The summed E-state index contributed by atoms with van der Waals surface area (Å²) in [5.74, 6) is 0.548. The summed E-state index contributed by atoms with van der Waals surface area (Å²) in [5.41, 5.74) is 0.886. The van der Waals surface area contributed by atoms with Gasteiger partial charge in [-0.05, 0) is 6.07 Å². The fourth-order valence-corrected chi connectivity index (χ4v) is 1.08. The van der Waals surface area contributed by atoms with E-state index < -0.39 is 0 Å². The number of hydrogen-bond donors (Lipinski definition) is 0. The quantitative estimate of drug-likeness (QED) is 0.689. The van der Waals surface area contributed by atoms with E-state index in [9.17, 15) is 4.79 Å². The summed E-state index contributed by atoms with van der Waals surface area (Å²) in [4.78, 5) is 10.9. The van der Waals surface area contributed by atoms with Crippen molar-refractivity contribution in [3.8, 4) is 5.75 Å². The summed E-state index contributed by atoms with van der Waals surface area (Å²) in [5, 5.41) is 0. The Morgan fingerprint density at radius 1 is 1.36 bits per heavy atom. The maximum atomic E-state index is 10.9. The van der Waals surface area contributed by atoms with Crippen molar-refractivity contribution in [3.05, 3.63) is 29.8 Å². The molecule has 0 fully saturated rings. The van der Waals surface area contributed by atoms with Crippen LogP contribution in [-0.4, -0.2) is 13.1 Å². The van der Waals surface area contributed by atoms with Crippen LogP contribution < -0.4 is 4.74 Å². The third kappa shape index (κ3) is 2.76. The van der Waals surface area contributed by atoms with Gasteiger partial charge in [0, 0.05) is 12.0 Å². The van der Waals surface area contributed by atoms with Gasteiger partial charge in [0.2, 0.25) is 0 Å². The SMILES string of the molecule is CCC(=O)OCc1ccccc1OC. The van der Waals surface area contributed by atoms with Gasteiger partial charge in [0.25, 0.3) is 0 Å². The van der Waals surface area contributed by atoms with Gasteiger partial charge in [-0.3, -0.25) is 4.79 Å². The second-order valence-electron chi connectivity index (χ2n) is 2.83. The molecule has 0 amide bonds. The molecule has 0 N–H and O–H groups in total. The van der Waals surface area contributed by atoms with Crippen LogP contribution in [0.1, 0.15) is 18.9 Å². The Hall–Kier alpha value is -1.51. The standard InChI is InChI=1S/C11H14O3/c1-3-11(12)14-8-9-6-4-5-7-10(9)13-2/h4-7H,3,8H2,1-2H3. The number of ether oxygens (including phenoxy) is 2. The number of carbonyl (C=O) groups is 1. The van der Waals surface area contributed by atoms with Crippen LogP contribution in [0.5, 0.6) is 5.75 Å². The van der Waals surface area contributed by atoms with Gasteiger partial charge in [-0.2, -0.15) is 0 Å². The molecule has 0 spiro atoms. The number of methoxy groups -OCH3 is 1. The summed E-state index contributed by atoms with van der Waals surface area (Å²) in [6.07, 6.45) is 0.398. The van der Waals surface area contributed by atoms with E-state index in [4.69, 9.17) is 9.47 Å². The van der Waals surface area contributed by atoms with E-state index in [2.05, 4.69) is 0 Å². The Morgan fingerprint density at radius 3 is 2.71 bits per heavy atom. The van der Waals surface area contributed by atoms with E-state index in [1.807, 2.05) is 24.3 Å². The molecule has 0 aliphatic heterocycles. The molecule has 1 aromatic carbocycles. The lowest BCUT2D eigenvalue weighted by Crippen LogP contribution is -2.03. The topological polar surface area (TPSA) is 35.5 Å². The molecule has 76 valence electrons. The predicted octanol–water partition coefficient (Wildman–Crippen LogP) is 2.15. The normalized spacial score (nSPS) is 9.57. The molecular weight excluding hydrogens is 180 g/mol. The monoisotopic (exact) mass is 194 g/mol. The fraction of sp³-hybridized carbons (Fsp3) is 0.364. The number of carbonyl (C=O) groups excluding carboxylic acids is 1. The molecule has 1 rings (SSSR count). The molecule has 0 heterocycles. The summed E-state index contributed by atoms with van der Waals surface area (Å²) in [7, 11) is 1.60. The smallest absolute Gasteiger partial charge is 0.305 e. The number of esters is 1. The Kier molecular flexibility index (Phi) is 3.98. The van der Waals surface area contributed by atoms with Gasteiger partial charge in [-0.15, -0.1) is 0 Å². The molecule has 0 saturated heterocycles. The van der Waals surface area contributed by atoms with Crippen LogP contribution in [0.15, 0.2) is 24.3 Å². The highest BCUT2D eigenvalue weighted by Crippen LogP contribution is 2.17. The zero-order valence-electron chi connectivity index (χ0n) is 8.45. The van der Waals surface area contributed by atoms with Gasteiger partial charge < -0.3 is 9.47 Å². The molecular formula is C11H14O3. The number of benzene rings is 1. The maximum Gasteiger partial charge on any atom is 0.305 e. The van der Waals surface area contributed by atoms with Crippen molar-refractivity contribution >= 4 is 5.97 Å². The molecule has 14 heavy (non-hydrogen) atoms. The molecule has 0 saturated carbocycles. The van der Waals surface area contributed by atoms with Crippen LogP contribution in [0.4, 0.5) is 0 Å². The zero-order valence-corrected chi connectivity index (χ0v) is 8.45. The van der Waals surface area contributed by atoms with Gasteiger partial charge in [-0.25, -0.2) is 0 Å². The Labute approximate surface area is 83.6 Å². The zero-order chi connectivity index (χ0) is 10.4. The van der Waals surface area contributed by atoms with E-state index in [0.717, 1.165) is 11.3 Å². The second kappa shape index (κ2) is 5.27. The van der Waals surface area contributed by atoms with E-state index in [1.54, 1.807) is 14.0 Å². The van der Waals surface area contributed by atoms with Crippen molar-refractivity contribution in [2.24, 2.45) is 0 Å². The lowest BCUT2D eigenvalue weighted by Gasteiger charge is -2.07. The van der Waals surface area contributed by atoms with Gasteiger partial charge in [0.1, 0.15) is 12.4 Å². The Bertz CT molecular complexity index is 307. The van der Waals surface area contributed by atoms with Crippen LogP contribution in [0, 0.1) is 0 Å². The van der Waals surface area contributed by atoms with Crippen LogP contribution in [0.2, 0.25) is 0 Å². The molecule has 0 aromatic heterocycles. The van der Waals surface area contributed by atoms with E-state index in [1.165, 1.54) is 0 Å². The van der Waals surface area contributed by atoms with Gasteiger partial charge in [0.05, 0.1) is 7.11 Å². The first-order chi connectivity index (χ1) is 6.77. The lowest BCUT2D eigenvalue weighted by molar-refractivity contribution is -0.144. The molecule has 3 nitrogen and oxygen atoms in total. The summed E-state index contributed by atoms with van der Waals surface area (Å²) >= 11 is 0. The van der Waals surface area contributed by atoms with E-state index in [-0.39, 0.29) is 12.6 Å². The van der Waals surface area contributed by atoms with Crippen LogP contribution >= 0.6 is 0 Å². The largest absolute Gasteiger partial charge is 0.496 e. The minimum absolute atomic E-state index is 0.198. The maximum absolute atomic E-state index is 10.9. The van der Waals surface area contributed by atoms with Gasteiger partial charge >= 0.3 is 5.97 Å². The van der Waals surface area contributed by atoms with Crippen molar-refractivity contribution in [2.45, 2.75) is 20.0 Å². The van der Waals surface area contributed by atoms with Gasteiger partial charge in [0.15, 0.2) is 0 Å². The highest BCUT2D eigenvalue weighted by molar-refractivity contribution is 5.68. The molecule has 0 radical (unpaired) electrons. The minimum atomic E-state index is -0.198. The first kappa shape index (κ1) is 10.6. The first-order valence-corrected chi connectivity index (χ1v) is 4.55. The molecule has 1 aromatic rings. The van der Waals surface area contributed by atoms with Crippen LogP contribution in [-0.2, 0) is 16.1 Å².